The molecule has 16 nitrogen and oxygen atoms in total. The fourth-order valence-electron chi connectivity index (χ4n) is 12.6. The van der Waals surface area contributed by atoms with Gasteiger partial charge in [0.1, 0.15) is 11.2 Å². The number of amides is 2. The second-order valence-electron chi connectivity index (χ2n) is 22.0. The lowest BCUT2D eigenvalue weighted by Gasteiger charge is -2.27. The number of ether oxygens (including phenoxy) is 4. The highest BCUT2D eigenvalue weighted by Crippen LogP contribution is 2.49. The van der Waals surface area contributed by atoms with Gasteiger partial charge in [0.25, 0.3) is 0 Å². The molecule has 4 fully saturated rings. The summed E-state index contributed by atoms with van der Waals surface area (Å²) in [4.78, 5) is 59.0. The number of morpholine rings is 3. The number of rotatable bonds is 14. The summed E-state index contributed by atoms with van der Waals surface area (Å²) in [5.41, 5.74) is 15.4. The normalized spacial score (nSPS) is 17.4. The number of benzene rings is 6. The van der Waals surface area contributed by atoms with Crippen LogP contribution in [-0.2, 0) is 41.4 Å². The summed E-state index contributed by atoms with van der Waals surface area (Å²) < 4.78 is 35.0. The molecule has 0 saturated carbocycles. The van der Waals surface area contributed by atoms with E-state index < -0.39 is 0 Å². The van der Waals surface area contributed by atoms with Gasteiger partial charge in [-0.1, -0.05) is 84.9 Å². The summed E-state index contributed by atoms with van der Waals surface area (Å²) in [6, 6.07) is 39.5. The average molecular weight is 1120 g/mol. The molecule has 16 heteroatoms. The zero-order chi connectivity index (χ0) is 56.2. The van der Waals surface area contributed by atoms with Crippen molar-refractivity contribution >= 4 is 56.9 Å². The molecule has 0 bridgehead atoms. The maximum atomic E-state index is 13.2. The number of para-hydroxylation sites is 2. The van der Waals surface area contributed by atoms with E-state index in [1.165, 1.54) is 11.1 Å². The van der Waals surface area contributed by atoms with Gasteiger partial charge in [-0.3, -0.25) is 24.1 Å². The number of carbonyl (C=O) groups excluding carboxylic acids is 2. The molecule has 14 rings (SSSR count). The average Bonchev–Trinajstić information content (AvgIpc) is 4.37. The van der Waals surface area contributed by atoms with Crippen LogP contribution >= 0.6 is 0 Å². The quantitative estimate of drug-likeness (QED) is 0.0878. The zero-order valence-corrected chi connectivity index (χ0v) is 46.6. The Morgan fingerprint density at radius 1 is 0.506 bits per heavy atom. The first-order valence-corrected chi connectivity index (χ1v) is 29.3. The fraction of sp³-hybridized carbons (Fsp3) is 0.343. The van der Waals surface area contributed by atoms with Crippen LogP contribution in [0.3, 0.4) is 0 Å². The predicted molar refractivity (Wildman–Crippen MR) is 324 cm³/mol. The summed E-state index contributed by atoms with van der Waals surface area (Å²) >= 11 is 0. The Balaban J connectivity index is 0.000000155. The highest BCUT2D eigenvalue weighted by atomic mass is 16.5. The molecular formula is C67H68N6O10. The highest BCUT2D eigenvalue weighted by molar-refractivity contribution is 6.04. The van der Waals surface area contributed by atoms with Gasteiger partial charge >= 0.3 is 0 Å². The Labute approximate surface area is 481 Å². The summed E-state index contributed by atoms with van der Waals surface area (Å²) in [6.45, 7) is 11.2. The van der Waals surface area contributed by atoms with Gasteiger partial charge in [-0.15, -0.1) is 0 Å². The van der Waals surface area contributed by atoms with E-state index >= 15 is 0 Å². The van der Waals surface area contributed by atoms with Gasteiger partial charge in [-0.05, 0) is 94.5 Å². The standard InChI is InChI=1S/C34H35N3O5.C33H33N3O5/c38-30-20-32(37-14-17-40-18-15-37)42-34-26(8-3-9-27(30)34)25-10-11-29(33-24-7-2-1-5-22(24)19-28(25)33)36-31(39)12-13-35-21-23-6-4-16-41-23;37-29-21-31(36-14-18-40-19-15-36)41-33-25(6-3-7-26(29)33)24-8-9-28(32-23-5-2-1-4-22(23)20-27(24)32)34-30(38)10-11-35-12-16-39-17-13-35/h1-3,5,7-11,20,23,35H,4,6,12-19,21H2,(H,36,39);1-9,21H,10-20H2,(H,34,38). The van der Waals surface area contributed by atoms with E-state index in [9.17, 15) is 19.2 Å². The van der Waals surface area contributed by atoms with Crippen LogP contribution in [0.5, 0.6) is 0 Å². The lowest BCUT2D eigenvalue weighted by atomic mass is 9.93. The van der Waals surface area contributed by atoms with Crippen LogP contribution in [0.4, 0.5) is 23.1 Å². The van der Waals surface area contributed by atoms with E-state index in [2.05, 4.69) is 67.0 Å². The maximum absolute atomic E-state index is 13.2. The Kier molecular flexibility index (Phi) is 16.0. The minimum Gasteiger partial charge on any atom is -0.440 e. The van der Waals surface area contributed by atoms with Crippen LogP contribution in [-0.4, -0.2) is 128 Å². The van der Waals surface area contributed by atoms with Crippen molar-refractivity contribution < 1.29 is 37.4 Å². The SMILES string of the molecule is O=C(CCN1CCOCC1)Nc1ccc(-c2cccc3c(=O)cc(N4CCOCC4)oc23)c2c1-c1ccccc1C2.O=C(CCNCC1CCCO1)Nc1ccc(-c2cccc3c(=O)cc(N4CCOCC4)oc23)c2c1-c1ccccc1C2. The predicted octanol–water partition coefficient (Wildman–Crippen LogP) is 9.49. The highest BCUT2D eigenvalue weighted by Gasteiger charge is 2.30. The van der Waals surface area contributed by atoms with Crippen molar-refractivity contribution in [2.45, 2.75) is 44.6 Å². The van der Waals surface area contributed by atoms with Crippen LogP contribution in [0.1, 0.15) is 47.9 Å². The van der Waals surface area contributed by atoms with E-state index in [1.807, 2.05) is 72.8 Å². The summed E-state index contributed by atoms with van der Waals surface area (Å²) in [7, 11) is 0. The first kappa shape index (κ1) is 54.3. The molecule has 4 saturated heterocycles. The van der Waals surface area contributed by atoms with Crippen LogP contribution in [0, 0.1) is 0 Å². The van der Waals surface area contributed by atoms with E-state index in [0.29, 0.717) is 112 Å². The third-order valence-corrected chi connectivity index (χ3v) is 16.9. The molecule has 6 aliphatic rings. The molecule has 6 heterocycles. The monoisotopic (exact) mass is 1120 g/mol. The Hall–Kier alpha value is -7.96. The number of carbonyl (C=O) groups is 2. The van der Waals surface area contributed by atoms with Gasteiger partial charge in [-0.25, -0.2) is 0 Å². The molecule has 2 aromatic heterocycles. The van der Waals surface area contributed by atoms with Crippen LogP contribution < -0.4 is 36.6 Å². The maximum Gasteiger partial charge on any atom is 0.225 e. The summed E-state index contributed by atoms with van der Waals surface area (Å²) in [5.74, 6) is 1.12. The summed E-state index contributed by atoms with van der Waals surface area (Å²) in [5, 5.41) is 10.9. The Morgan fingerprint density at radius 3 is 1.49 bits per heavy atom. The van der Waals surface area contributed by atoms with E-state index in [4.69, 9.17) is 27.8 Å². The lowest BCUT2D eigenvalue weighted by Crippen LogP contribution is -2.38. The molecule has 83 heavy (non-hydrogen) atoms. The van der Waals surface area contributed by atoms with Gasteiger partial charge in [0, 0.05) is 124 Å². The smallest absolute Gasteiger partial charge is 0.225 e. The third-order valence-electron chi connectivity index (χ3n) is 16.9. The van der Waals surface area contributed by atoms with Gasteiger partial charge in [0.2, 0.25) is 11.8 Å². The third kappa shape index (κ3) is 11.5. The number of hydrogen-bond acceptors (Lipinski definition) is 14. The van der Waals surface area contributed by atoms with Crippen LogP contribution in [0.25, 0.3) is 66.4 Å². The number of anilines is 4. The first-order chi connectivity index (χ1) is 40.8. The molecule has 1 unspecified atom stereocenters. The van der Waals surface area contributed by atoms with Gasteiger partial charge in [0.05, 0.1) is 56.5 Å². The number of fused-ring (bicyclic) bond motifs is 8. The Bertz CT molecular complexity index is 3850. The molecule has 0 radical (unpaired) electrons. The first-order valence-electron chi connectivity index (χ1n) is 29.3. The molecule has 2 amide bonds. The van der Waals surface area contributed by atoms with Crippen LogP contribution in [0.2, 0.25) is 0 Å². The van der Waals surface area contributed by atoms with Gasteiger partial charge in [0.15, 0.2) is 22.6 Å². The van der Waals surface area contributed by atoms with Crippen molar-refractivity contribution in [2.75, 3.05) is 126 Å². The van der Waals surface area contributed by atoms with Crippen molar-refractivity contribution in [2.24, 2.45) is 0 Å². The fourth-order valence-corrected chi connectivity index (χ4v) is 12.6. The number of nitrogens with one attached hydrogen (secondary N) is 3. The second kappa shape index (κ2) is 24.5. The molecule has 2 aliphatic carbocycles. The van der Waals surface area contributed by atoms with Gasteiger partial charge < -0.3 is 53.5 Å². The van der Waals surface area contributed by atoms with Crippen molar-refractivity contribution in [3.8, 4) is 44.5 Å². The minimum atomic E-state index is -0.0588. The second-order valence-corrected chi connectivity index (χ2v) is 22.0. The number of nitrogens with zero attached hydrogens (tertiary/aromatic N) is 3. The molecule has 6 aromatic carbocycles. The van der Waals surface area contributed by atoms with Crippen molar-refractivity contribution in [1.82, 2.24) is 10.2 Å². The molecule has 8 aromatic rings. The van der Waals surface area contributed by atoms with E-state index in [1.54, 1.807) is 12.1 Å². The van der Waals surface area contributed by atoms with E-state index in [-0.39, 0.29) is 28.8 Å². The van der Waals surface area contributed by atoms with Gasteiger partial charge in [-0.2, -0.15) is 0 Å². The lowest BCUT2D eigenvalue weighted by molar-refractivity contribution is -0.117. The van der Waals surface area contributed by atoms with Crippen molar-refractivity contribution in [3.63, 3.8) is 0 Å². The molecule has 4 aliphatic heterocycles. The molecule has 0 spiro atoms. The zero-order valence-electron chi connectivity index (χ0n) is 46.6. The van der Waals surface area contributed by atoms with Crippen molar-refractivity contribution in [1.29, 1.82) is 0 Å². The van der Waals surface area contributed by atoms with E-state index in [0.717, 1.165) is 132 Å². The minimum absolute atomic E-state index is 0.00198. The largest absolute Gasteiger partial charge is 0.440 e. The topological polar surface area (TPSA) is 177 Å². The Morgan fingerprint density at radius 2 is 0.988 bits per heavy atom. The molecule has 1 atom stereocenters. The molecule has 3 N–H and O–H groups in total. The summed E-state index contributed by atoms with van der Waals surface area (Å²) in [6.07, 6.45) is 4.71. The number of hydrogen-bond donors (Lipinski definition) is 3. The van der Waals surface area contributed by atoms with Crippen molar-refractivity contribution in [3.05, 3.63) is 164 Å². The molecular weight excluding hydrogens is 1050 g/mol. The van der Waals surface area contributed by atoms with Crippen LogP contribution in [0.15, 0.2) is 140 Å². The molecule has 426 valence electrons.